The predicted molar refractivity (Wildman–Crippen MR) is 100 cm³/mol. The molecule has 156 valence electrons. The van der Waals surface area contributed by atoms with Crippen molar-refractivity contribution in [2.24, 2.45) is 0 Å². The van der Waals surface area contributed by atoms with Gasteiger partial charge in [-0.2, -0.15) is 13.2 Å². The Labute approximate surface area is 165 Å². The van der Waals surface area contributed by atoms with Crippen molar-refractivity contribution in [2.75, 3.05) is 38.3 Å². The lowest BCUT2D eigenvalue weighted by Crippen LogP contribution is -2.36. The highest BCUT2D eigenvalue weighted by Crippen LogP contribution is 2.35. The van der Waals surface area contributed by atoms with E-state index in [2.05, 4.69) is 5.32 Å². The Morgan fingerprint density at radius 3 is 2.55 bits per heavy atom. The van der Waals surface area contributed by atoms with Crippen LogP contribution >= 0.6 is 0 Å². The van der Waals surface area contributed by atoms with Gasteiger partial charge in [-0.25, -0.2) is 0 Å². The maximum absolute atomic E-state index is 13.6. The molecule has 1 saturated heterocycles. The Kier molecular flexibility index (Phi) is 6.17. The third-order valence-corrected chi connectivity index (χ3v) is 4.66. The lowest BCUT2D eigenvalue weighted by molar-refractivity contribution is -0.138. The summed E-state index contributed by atoms with van der Waals surface area (Å²) in [5.74, 6) is -0.645. The minimum atomic E-state index is -4.56. The number of amides is 1. The van der Waals surface area contributed by atoms with Gasteiger partial charge in [0.15, 0.2) is 0 Å². The molecule has 0 bridgehead atoms. The summed E-state index contributed by atoms with van der Waals surface area (Å²) in [4.78, 5) is 14.1. The molecular weight excluding hydrogens is 389 g/mol. The molecule has 0 radical (unpaired) electrons. The number of halogens is 3. The van der Waals surface area contributed by atoms with Gasteiger partial charge < -0.3 is 24.8 Å². The molecule has 0 saturated carbocycles. The zero-order valence-electron chi connectivity index (χ0n) is 15.8. The van der Waals surface area contributed by atoms with Crippen LogP contribution in [-0.4, -0.2) is 44.4 Å². The average Bonchev–Trinajstić information content (AvgIpc) is 2.71. The molecule has 29 heavy (non-hydrogen) atoms. The van der Waals surface area contributed by atoms with Crippen molar-refractivity contribution in [3.63, 3.8) is 0 Å². The Morgan fingerprint density at radius 1 is 1.21 bits per heavy atom. The quantitative estimate of drug-likeness (QED) is 0.792. The van der Waals surface area contributed by atoms with Crippen LogP contribution < -0.4 is 15.0 Å². The number of nitrogens with zero attached hydrogens (tertiary/aromatic N) is 1. The first-order valence-electron chi connectivity index (χ1n) is 8.97. The first-order valence-corrected chi connectivity index (χ1v) is 8.97. The number of ether oxygens (including phenoxy) is 2. The number of benzene rings is 2. The number of nitrogens with one attached hydrogen (secondary N) is 1. The third kappa shape index (κ3) is 4.92. The van der Waals surface area contributed by atoms with Gasteiger partial charge in [-0.15, -0.1) is 0 Å². The van der Waals surface area contributed by atoms with E-state index < -0.39 is 17.6 Å². The molecule has 0 spiro atoms. The summed E-state index contributed by atoms with van der Waals surface area (Å²) in [6.45, 7) is 1.63. The van der Waals surface area contributed by atoms with Gasteiger partial charge in [-0.1, -0.05) is 6.07 Å². The van der Waals surface area contributed by atoms with Crippen LogP contribution in [0.3, 0.4) is 0 Å². The minimum absolute atomic E-state index is 0.0516. The molecule has 1 aliphatic rings. The second-order valence-electron chi connectivity index (χ2n) is 6.50. The van der Waals surface area contributed by atoms with Crippen molar-refractivity contribution < 1.29 is 32.5 Å². The van der Waals surface area contributed by atoms with Gasteiger partial charge in [-0.05, 0) is 29.8 Å². The van der Waals surface area contributed by atoms with Crippen LogP contribution in [0.5, 0.6) is 11.5 Å². The molecule has 0 aromatic heterocycles. The minimum Gasteiger partial charge on any atom is -0.507 e. The van der Waals surface area contributed by atoms with Crippen LogP contribution in [0.1, 0.15) is 21.5 Å². The highest BCUT2D eigenvalue weighted by Gasteiger charge is 2.34. The van der Waals surface area contributed by atoms with Crippen molar-refractivity contribution in [3.8, 4) is 11.5 Å². The first kappa shape index (κ1) is 20.8. The monoisotopic (exact) mass is 410 g/mol. The van der Waals surface area contributed by atoms with E-state index in [9.17, 15) is 23.1 Å². The fourth-order valence-corrected chi connectivity index (χ4v) is 3.10. The van der Waals surface area contributed by atoms with E-state index in [4.69, 9.17) is 9.47 Å². The molecule has 2 aromatic carbocycles. The third-order valence-electron chi connectivity index (χ3n) is 4.66. The molecule has 1 aliphatic heterocycles. The van der Waals surface area contributed by atoms with Gasteiger partial charge in [0.05, 0.1) is 31.5 Å². The molecule has 3 rings (SSSR count). The lowest BCUT2D eigenvalue weighted by atomic mass is 10.0. The molecular formula is C20H21F3N2O4. The molecule has 0 atom stereocenters. The van der Waals surface area contributed by atoms with Gasteiger partial charge in [-0.3, -0.25) is 4.79 Å². The topological polar surface area (TPSA) is 71.0 Å². The number of alkyl halides is 3. The Balaban J connectivity index is 1.78. The number of carbonyl (C=O) groups excluding carboxylic acids is 1. The second kappa shape index (κ2) is 8.60. The molecule has 1 fully saturated rings. The first-order chi connectivity index (χ1) is 13.8. The van der Waals surface area contributed by atoms with Crippen LogP contribution in [0.25, 0.3) is 0 Å². The van der Waals surface area contributed by atoms with E-state index in [1.807, 2.05) is 4.90 Å². The fourth-order valence-electron chi connectivity index (χ4n) is 3.10. The number of morpholine rings is 1. The Bertz CT molecular complexity index is 881. The predicted octanol–water partition coefficient (Wildman–Crippen LogP) is 3.19. The largest absolute Gasteiger partial charge is 0.507 e. The van der Waals surface area contributed by atoms with Crippen molar-refractivity contribution >= 4 is 11.6 Å². The molecule has 9 heteroatoms. The van der Waals surface area contributed by atoms with E-state index in [-0.39, 0.29) is 23.4 Å². The SMILES string of the molecule is COc1ccc(C(=O)NCc2ccc(N3CCOCC3)cc2C(F)(F)F)c(O)c1. The normalized spacial score (nSPS) is 14.6. The molecule has 0 unspecified atom stereocenters. The number of hydrogen-bond donors (Lipinski definition) is 2. The average molecular weight is 410 g/mol. The zero-order valence-corrected chi connectivity index (χ0v) is 15.8. The lowest BCUT2D eigenvalue weighted by Gasteiger charge is -2.29. The smallest absolute Gasteiger partial charge is 0.416 e. The summed E-state index contributed by atoms with van der Waals surface area (Å²) >= 11 is 0. The molecule has 1 heterocycles. The number of rotatable bonds is 5. The zero-order chi connectivity index (χ0) is 21.0. The van der Waals surface area contributed by atoms with E-state index in [0.717, 1.165) is 6.07 Å². The number of hydrogen-bond acceptors (Lipinski definition) is 5. The van der Waals surface area contributed by atoms with E-state index in [1.54, 1.807) is 6.07 Å². The van der Waals surface area contributed by atoms with Gasteiger partial charge in [0, 0.05) is 31.4 Å². The fraction of sp³-hybridized carbons (Fsp3) is 0.350. The van der Waals surface area contributed by atoms with Gasteiger partial charge in [0.25, 0.3) is 5.91 Å². The maximum atomic E-state index is 13.6. The Morgan fingerprint density at radius 2 is 1.93 bits per heavy atom. The summed E-state index contributed by atoms with van der Waals surface area (Å²) in [6, 6.07) is 8.14. The van der Waals surface area contributed by atoms with E-state index in [0.29, 0.717) is 37.7 Å². The number of methoxy groups -OCH3 is 1. The molecule has 1 amide bonds. The van der Waals surface area contributed by atoms with Crippen LogP contribution in [0.15, 0.2) is 36.4 Å². The van der Waals surface area contributed by atoms with Crippen LogP contribution in [-0.2, 0) is 17.5 Å². The highest BCUT2D eigenvalue weighted by atomic mass is 19.4. The van der Waals surface area contributed by atoms with Crippen molar-refractivity contribution in [3.05, 3.63) is 53.1 Å². The van der Waals surface area contributed by atoms with Gasteiger partial charge in [0.2, 0.25) is 0 Å². The standard InChI is InChI=1S/C20H21F3N2O4/c1-28-15-4-5-16(18(26)11-15)19(27)24-12-13-2-3-14(10-17(13)20(21,22)23)25-6-8-29-9-7-25/h2-5,10-11,26H,6-9,12H2,1H3,(H,24,27). The summed E-state index contributed by atoms with van der Waals surface area (Å²) in [6.07, 6.45) is -4.56. The van der Waals surface area contributed by atoms with Crippen LogP contribution in [0, 0.1) is 0 Å². The Hall–Kier alpha value is -2.94. The summed E-state index contributed by atoms with van der Waals surface area (Å²) < 4.78 is 50.9. The van der Waals surface area contributed by atoms with Crippen molar-refractivity contribution in [1.82, 2.24) is 5.32 Å². The van der Waals surface area contributed by atoms with Crippen LogP contribution in [0.4, 0.5) is 18.9 Å². The maximum Gasteiger partial charge on any atom is 0.416 e. The highest BCUT2D eigenvalue weighted by molar-refractivity contribution is 5.97. The van der Waals surface area contributed by atoms with E-state index >= 15 is 0 Å². The van der Waals surface area contributed by atoms with Crippen LogP contribution in [0.2, 0.25) is 0 Å². The summed E-state index contributed by atoms with van der Waals surface area (Å²) in [7, 11) is 1.41. The molecule has 6 nitrogen and oxygen atoms in total. The molecule has 2 N–H and O–H groups in total. The summed E-state index contributed by atoms with van der Waals surface area (Å²) in [5, 5.41) is 12.3. The number of phenols is 1. The number of phenolic OH excluding ortho intramolecular Hbond substituents is 1. The number of carbonyl (C=O) groups is 1. The number of anilines is 1. The van der Waals surface area contributed by atoms with Gasteiger partial charge >= 0.3 is 6.18 Å². The van der Waals surface area contributed by atoms with Crippen molar-refractivity contribution in [1.29, 1.82) is 0 Å². The van der Waals surface area contributed by atoms with Gasteiger partial charge in [0.1, 0.15) is 11.5 Å². The molecule has 0 aliphatic carbocycles. The second-order valence-corrected chi connectivity index (χ2v) is 6.50. The van der Waals surface area contributed by atoms with E-state index in [1.165, 1.54) is 31.4 Å². The molecule has 2 aromatic rings. The number of aromatic hydroxyl groups is 1. The van der Waals surface area contributed by atoms with Crippen molar-refractivity contribution in [2.45, 2.75) is 12.7 Å². The summed E-state index contributed by atoms with van der Waals surface area (Å²) in [5.41, 5.74) is -0.454.